The Labute approximate surface area is 128 Å². The molecule has 2 N–H and O–H groups in total. The fourth-order valence-electron chi connectivity index (χ4n) is 3.34. The van der Waals surface area contributed by atoms with E-state index in [1.807, 2.05) is 23.7 Å². The number of pyridine rings is 1. The number of hydrogen-bond acceptors (Lipinski definition) is 3. The molecule has 3 aromatic heterocycles. The van der Waals surface area contributed by atoms with E-state index >= 15 is 0 Å². The first-order valence-electron chi connectivity index (χ1n) is 7.60. The lowest BCUT2D eigenvalue weighted by Crippen LogP contribution is -2.26. The molecule has 0 aromatic carbocycles. The van der Waals surface area contributed by atoms with Crippen LogP contribution in [-0.4, -0.2) is 23.1 Å². The Morgan fingerprint density at radius 3 is 3.00 bits per heavy atom. The number of piperidine rings is 1. The van der Waals surface area contributed by atoms with Crippen LogP contribution in [0, 0.1) is 0 Å². The summed E-state index contributed by atoms with van der Waals surface area (Å²) >= 11 is 1.90. The molecule has 3 nitrogen and oxygen atoms in total. The van der Waals surface area contributed by atoms with Gasteiger partial charge in [0.05, 0.1) is 0 Å². The molecular formula is C17H19N3S. The van der Waals surface area contributed by atoms with Crippen LogP contribution >= 0.6 is 11.3 Å². The molecule has 4 rings (SSSR count). The first-order chi connectivity index (χ1) is 10.4. The molecule has 0 spiro atoms. The van der Waals surface area contributed by atoms with Crippen LogP contribution in [0.25, 0.3) is 11.0 Å². The van der Waals surface area contributed by atoms with Crippen LogP contribution in [0.5, 0.6) is 0 Å². The number of hydrogen-bond donors (Lipinski definition) is 2. The van der Waals surface area contributed by atoms with Gasteiger partial charge in [-0.3, -0.25) is 0 Å². The van der Waals surface area contributed by atoms with Crippen LogP contribution in [0.2, 0.25) is 0 Å². The van der Waals surface area contributed by atoms with E-state index in [4.69, 9.17) is 0 Å². The second-order valence-electron chi connectivity index (χ2n) is 5.71. The monoisotopic (exact) mass is 297 g/mol. The highest BCUT2D eigenvalue weighted by Gasteiger charge is 2.19. The summed E-state index contributed by atoms with van der Waals surface area (Å²) in [5.41, 5.74) is 3.94. The van der Waals surface area contributed by atoms with Gasteiger partial charge in [-0.25, -0.2) is 4.98 Å². The number of nitrogens with zero attached hydrogens (tertiary/aromatic N) is 1. The smallest absolute Gasteiger partial charge is 0.137 e. The average molecular weight is 297 g/mol. The number of H-pyrrole nitrogens is 1. The Morgan fingerprint density at radius 2 is 2.10 bits per heavy atom. The molecule has 1 aliphatic rings. The first-order valence-corrected chi connectivity index (χ1v) is 8.48. The SMILES string of the molecule is c1cc(Cc2sccc2C2CCNCC2)c2cc[nH]c2n1. The van der Waals surface area contributed by atoms with Crippen LogP contribution in [0.1, 0.15) is 34.8 Å². The maximum Gasteiger partial charge on any atom is 0.137 e. The van der Waals surface area contributed by atoms with Gasteiger partial charge in [0, 0.05) is 29.1 Å². The number of thiophene rings is 1. The molecule has 4 heteroatoms. The van der Waals surface area contributed by atoms with Gasteiger partial charge in [0.1, 0.15) is 5.65 Å². The molecule has 21 heavy (non-hydrogen) atoms. The summed E-state index contributed by atoms with van der Waals surface area (Å²) in [6.07, 6.45) is 7.43. The fourth-order valence-corrected chi connectivity index (χ4v) is 4.32. The molecule has 0 saturated carbocycles. The van der Waals surface area contributed by atoms with Crippen molar-refractivity contribution in [2.24, 2.45) is 0 Å². The Kier molecular flexibility index (Phi) is 3.49. The third kappa shape index (κ3) is 2.49. The highest BCUT2D eigenvalue weighted by atomic mass is 32.1. The second kappa shape index (κ2) is 5.62. The second-order valence-corrected chi connectivity index (χ2v) is 6.71. The van der Waals surface area contributed by atoms with Crippen molar-refractivity contribution in [3.8, 4) is 0 Å². The molecule has 3 aromatic rings. The zero-order chi connectivity index (χ0) is 14.1. The summed E-state index contributed by atoms with van der Waals surface area (Å²) in [4.78, 5) is 9.11. The summed E-state index contributed by atoms with van der Waals surface area (Å²) in [5, 5.41) is 6.96. The normalized spacial score (nSPS) is 16.6. The van der Waals surface area contributed by atoms with Gasteiger partial charge in [-0.15, -0.1) is 11.3 Å². The molecule has 0 radical (unpaired) electrons. The van der Waals surface area contributed by atoms with Gasteiger partial charge >= 0.3 is 0 Å². The Balaban J connectivity index is 1.65. The molecule has 1 fully saturated rings. The van der Waals surface area contributed by atoms with Crippen LogP contribution in [0.4, 0.5) is 0 Å². The maximum atomic E-state index is 4.38. The molecule has 0 unspecified atom stereocenters. The zero-order valence-electron chi connectivity index (χ0n) is 11.9. The third-order valence-electron chi connectivity index (χ3n) is 4.46. The van der Waals surface area contributed by atoms with Crippen LogP contribution in [0.15, 0.2) is 36.0 Å². The molecule has 1 saturated heterocycles. The summed E-state index contributed by atoms with van der Waals surface area (Å²) < 4.78 is 0. The van der Waals surface area contributed by atoms with E-state index in [9.17, 15) is 0 Å². The predicted octanol–water partition coefficient (Wildman–Crippen LogP) is 3.68. The number of fused-ring (bicyclic) bond motifs is 1. The largest absolute Gasteiger partial charge is 0.346 e. The number of aromatic nitrogens is 2. The molecule has 4 heterocycles. The average Bonchev–Trinajstić information content (AvgIpc) is 3.17. The quantitative estimate of drug-likeness (QED) is 0.774. The van der Waals surface area contributed by atoms with Crippen molar-refractivity contribution >= 4 is 22.4 Å². The highest BCUT2D eigenvalue weighted by molar-refractivity contribution is 7.10. The maximum absolute atomic E-state index is 4.38. The number of nitrogens with one attached hydrogen (secondary N) is 2. The summed E-state index contributed by atoms with van der Waals surface area (Å²) in [6, 6.07) is 6.63. The topological polar surface area (TPSA) is 40.7 Å². The van der Waals surface area contributed by atoms with E-state index in [0.717, 1.165) is 31.1 Å². The van der Waals surface area contributed by atoms with Gasteiger partial charge in [-0.1, -0.05) is 0 Å². The van der Waals surface area contributed by atoms with Crippen molar-refractivity contribution in [2.75, 3.05) is 13.1 Å². The Morgan fingerprint density at radius 1 is 1.19 bits per heavy atom. The number of aromatic amines is 1. The van der Waals surface area contributed by atoms with E-state index in [-0.39, 0.29) is 0 Å². The molecule has 1 aliphatic heterocycles. The van der Waals surface area contributed by atoms with Crippen LogP contribution < -0.4 is 5.32 Å². The lowest BCUT2D eigenvalue weighted by molar-refractivity contribution is 0.460. The molecule has 108 valence electrons. The fraction of sp³-hybridized carbons (Fsp3) is 0.353. The standard InChI is InChI=1S/C17H19N3S/c1-6-18-7-2-12(1)14-5-10-21-16(14)11-13-3-8-19-17-15(13)4-9-20-17/h3-5,8-10,12,18H,1-2,6-7,11H2,(H,19,20). The molecule has 0 aliphatic carbocycles. The first kappa shape index (κ1) is 13.0. The molecule has 0 atom stereocenters. The van der Waals surface area contributed by atoms with Gasteiger partial charge in [0.2, 0.25) is 0 Å². The third-order valence-corrected chi connectivity index (χ3v) is 5.40. The zero-order valence-corrected chi connectivity index (χ0v) is 12.7. The Bertz CT molecular complexity index is 737. The highest BCUT2D eigenvalue weighted by Crippen LogP contribution is 2.33. The van der Waals surface area contributed by atoms with Crippen LogP contribution in [-0.2, 0) is 6.42 Å². The molecule has 0 amide bonds. The van der Waals surface area contributed by atoms with Crippen molar-refractivity contribution in [1.82, 2.24) is 15.3 Å². The van der Waals surface area contributed by atoms with E-state index in [1.54, 1.807) is 5.56 Å². The van der Waals surface area contributed by atoms with E-state index in [1.165, 1.54) is 28.7 Å². The van der Waals surface area contributed by atoms with Crippen molar-refractivity contribution in [3.05, 3.63) is 52.0 Å². The summed E-state index contributed by atoms with van der Waals surface area (Å²) in [7, 11) is 0. The van der Waals surface area contributed by atoms with Gasteiger partial charge in [0.25, 0.3) is 0 Å². The summed E-state index contributed by atoms with van der Waals surface area (Å²) in [5.74, 6) is 0.732. The van der Waals surface area contributed by atoms with Crippen molar-refractivity contribution < 1.29 is 0 Å². The summed E-state index contributed by atoms with van der Waals surface area (Å²) in [6.45, 7) is 2.30. The van der Waals surface area contributed by atoms with Crippen molar-refractivity contribution in [2.45, 2.75) is 25.2 Å². The Hall–Kier alpha value is -1.65. The van der Waals surface area contributed by atoms with Crippen LogP contribution in [0.3, 0.4) is 0 Å². The molecular weight excluding hydrogens is 278 g/mol. The minimum Gasteiger partial charge on any atom is -0.346 e. The van der Waals surface area contributed by atoms with Gasteiger partial charge in [-0.2, -0.15) is 0 Å². The van der Waals surface area contributed by atoms with E-state index in [0.29, 0.717) is 0 Å². The lowest BCUT2D eigenvalue weighted by Gasteiger charge is -2.23. The predicted molar refractivity (Wildman–Crippen MR) is 88.1 cm³/mol. The lowest BCUT2D eigenvalue weighted by atomic mass is 9.89. The van der Waals surface area contributed by atoms with E-state index in [2.05, 4.69) is 38.9 Å². The number of rotatable bonds is 3. The minimum atomic E-state index is 0.732. The van der Waals surface area contributed by atoms with Gasteiger partial charge in [0.15, 0.2) is 0 Å². The molecule has 0 bridgehead atoms. The van der Waals surface area contributed by atoms with Crippen molar-refractivity contribution in [3.63, 3.8) is 0 Å². The minimum absolute atomic E-state index is 0.732. The van der Waals surface area contributed by atoms with Gasteiger partial charge < -0.3 is 10.3 Å². The van der Waals surface area contributed by atoms with Gasteiger partial charge in [-0.05, 0) is 66.6 Å². The van der Waals surface area contributed by atoms with E-state index < -0.39 is 0 Å². The van der Waals surface area contributed by atoms with Crippen molar-refractivity contribution in [1.29, 1.82) is 0 Å².